The van der Waals surface area contributed by atoms with Crippen LogP contribution in [0.3, 0.4) is 0 Å². The molecular weight excluding hydrogens is 433 g/mol. The lowest BCUT2D eigenvalue weighted by Crippen LogP contribution is -2.25. The lowest BCUT2D eigenvalue weighted by Gasteiger charge is -2.28. The molecule has 0 N–H and O–H groups in total. The molecule has 0 aromatic heterocycles. The van der Waals surface area contributed by atoms with Crippen LogP contribution < -0.4 is 4.74 Å². The summed E-state index contributed by atoms with van der Waals surface area (Å²) in [5.74, 6) is 0.870. The third kappa shape index (κ3) is 12.7. The standard InChI is InChI=1S/C26H37F3O4/c1-2-3-4-5-18-32-25(30)16-11-21-7-12-24(13-8-21)33-20-22-9-14-23(15-10-22)31-19-6-17-26(27,28)29/h7-8,11-13,16,22-23H,2-6,9-10,14-15,17-20H2,1H3. The second kappa shape index (κ2) is 15.0. The van der Waals surface area contributed by atoms with Gasteiger partial charge in [-0.25, -0.2) is 4.79 Å². The maximum atomic E-state index is 12.2. The molecule has 2 rings (SSSR count). The molecule has 0 radical (unpaired) electrons. The smallest absolute Gasteiger partial charge is 0.389 e. The highest BCUT2D eigenvalue weighted by atomic mass is 19.4. The average molecular weight is 471 g/mol. The third-order valence-corrected chi connectivity index (χ3v) is 5.77. The molecule has 1 aliphatic carbocycles. The number of hydrogen-bond acceptors (Lipinski definition) is 4. The zero-order chi connectivity index (χ0) is 23.9. The summed E-state index contributed by atoms with van der Waals surface area (Å²) in [5.41, 5.74) is 0.897. The number of ether oxygens (including phenoxy) is 3. The Morgan fingerprint density at radius 3 is 2.39 bits per heavy atom. The Morgan fingerprint density at radius 1 is 1.00 bits per heavy atom. The summed E-state index contributed by atoms with van der Waals surface area (Å²) >= 11 is 0. The maximum Gasteiger partial charge on any atom is 0.389 e. The summed E-state index contributed by atoms with van der Waals surface area (Å²) in [6, 6.07) is 7.55. The van der Waals surface area contributed by atoms with Gasteiger partial charge in [-0.05, 0) is 68.2 Å². The van der Waals surface area contributed by atoms with E-state index >= 15 is 0 Å². The van der Waals surface area contributed by atoms with E-state index in [2.05, 4.69) is 6.92 Å². The van der Waals surface area contributed by atoms with Gasteiger partial charge in [0.1, 0.15) is 5.75 Å². The van der Waals surface area contributed by atoms with Crippen molar-refractivity contribution in [3.8, 4) is 5.75 Å². The first kappa shape index (κ1) is 27.2. The van der Waals surface area contributed by atoms with Crippen LogP contribution in [0.4, 0.5) is 13.2 Å². The minimum absolute atomic E-state index is 0.0257. The van der Waals surface area contributed by atoms with Crippen molar-refractivity contribution >= 4 is 12.0 Å². The van der Waals surface area contributed by atoms with Crippen LogP contribution in [0.2, 0.25) is 0 Å². The van der Waals surface area contributed by atoms with Crippen molar-refractivity contribution in [2.75, 3.05) is 19.8 Å². The summed E-state index contributed by atoms with van der Waals surface area (Å²) in [6.45, 7) is 3.38. The van der Waals surface area contributed by atoms with E-state index in [1.54, 1.807) is 6.08 Å². The molecule has 1 fully saturated rings. The van der Waals surface area contributed by atoms with Gasteiger partial charge >= 0.3 is 12.1 Å². The summed E-state index contributed by atoms with van der Waals surface area (Å²) in [7, 11) is 0. The maximum absolute atomic E-state index is 12.2. The van der Waals surface area contributed by atoms with Gasteiger partial charge in [0.25, 0.3) is 0 Å². The number of unbranched alkanes of at least 4 members (excludes halogenated alkanes) is 3. The molecular formula is C26H37F3O4. The first-order valence-electron chi connectivity index (χ1n) is 12.1. The molecule has 4 nitrogen and oxygen atoms in total. The summed E-state index contributed by atoms with van der Waals surface area (Å²) in [6.07, 6.45) is 6.28. The number of carbonyl (C=O) groups excluding carboxylic acids is 1. The van der Waals surface area contributed by atoms with Gasteiger partial charge in [0.15, 0.2) is 0 Å². The van der Waals surface area contributed by atoms with E-state index in [1.807, 2.05) is 24.3 Å². The Labute approximate surface area is 195 Å². The van der Waals surface area contributed by atoms with E-state index in [0.29, 0.717) is 19.1 Å². The zero-order valence-electron chi connectivity index (χ0n) is 19.6. The Morgan fingerprint density at radius 2 is 1.73 bits per heavy atom. The topological polar surface area (TPSA) is 44.8 Å². The van der Waals surface area contributed by atoms with E-state index in [0.717, 1.165) is 62.7 Å². The molecule has 33 heavy (non-hydrogen) atoms. The van der Waals surface area contributed by atoms with Crippen molar-refractivity contribution in [3.05, 3.63) is 35.9 Å². The average Bonchev–Trinajstić information content (AvgIpc) is 2.80. The lowest BCUT2D eigenvalue weighted by atomic mass is 9.88. The minimum atomic E-state index is -4.10. The molecule has 1 aromatic rings. The minimum Gasteiger partial charge on any atom is -0.493 e. The molecule has 1 aliphatic rings. The second-order valence-corrected chi connectivity index (χ2v) is 8.67. The monoisotopic (exact) mass is 470 g/mol. The van der Waals surface area contributed by atoms with Crippen LogP contribution in [-0.4, -0.2) is 38.1 Å². The SMILES string of the molecule is CCCCCCOC(=O)C=Cc1ccc(OCC2CCC(OCCCC(F)(F)F)CC2)cc1. The van der Waals surface area contributed by atoms with Gasteiger partial charge < -0.3 is 14.2 Å². The number of rotatable bonds is 14. The van der Waals surface area contributed by atoms with Gasteiger partial charge in [-0.2, -0.15) is 13.2 Å². The first-order valence-corrected chi connectivity index (χ1v) is 12.1. The highest BCUT2D eigenvalue weighted by Crippen LogP contribution is 2.28. The van der Waals surface area contributed by atoms with Crippen molar-refractivity contribution < 1.29 is 32.2 Å². The Kier molecular flexibility index (Phi) is 12.4. The van der Waals surface area contributed by atoms with Crippen LogP contribution in [0.25, 0.3) is 6.08 Å². The van der Waals surface area contributed by atoms with Crippen LogP contribution in [0.15, 0.2) is 30.3 Å². The normalized spacial score (nSPS) is 19.0. The fourth-order valence-electron chi connectivity index (χ4n) is 3.79. The molecule has 0 aliphatic heterocycles. The summed E-state index contributed by atoms with van der Waals surface area (Å²) in [4.78, 5) is 11.7. The molecule has 186 valence electrons. The lowest BCUT2D eigenvalue weighted by molar-refractivity contribution is -0.139. The van der Waals surface area contributed by atoms with Crippen LogP contribution in [0.5, 0.6) is 5.75 Å². The van der Waals surface area contributed by atoms with Crippen molar-refractivity contribution in [3.63, 3.8) is 0 Å². The van der Waals surface area contributed by atoms with E-state index in [9.17, 15) is 18.0 Å². The van der Waals surface area contributed by atoms with Gasteiger partial charge in [0.05, 0.1) is 19.3 Å². The molecule has 0 heterocycles. The van der Waals surface area contributed by atoms with Gasteiger partial charge in [-0.1, -0.05) is 38.3 Å². The quantitative estimate of drug-likeness (QED) is 0.165. The fourth-order valence-corrected chi connectivity index (χ4v) is 3.79. The van der Waals surface area contributed by atoms with E-state index < -0.39 is 12.6 Å². The predicted octanol–water partition coefficient (Wildman–Crippen LogP) is 7.12. The summed E-state index contributed by atoms with van der Waals surface area (Å²) in [5, 5.41) is 0. The fraction of sp³-hybridized carbons (Fsp3) is 0.654. The van der Waals surface area contributed by atoms with Crippen LogP contribution in [0, 0.1) is 5.92 Å². The van der Waals surface area contributed by atoms with Crippen molar-refractivity contribution in [2.24, 2.45) is 5.92 Å². The number of esters is 1. The molecule has 0 unspecified atom stereocenters. The number of halogens is 3. The van der Waals surface area contributed by atoms with E-state index in [1.165, 1.54) is 6.08 Å². The van der Waals surface area contributed by atoms with Crippen molar-refractivity contribution in [1.29, 1.82) is 0 Å². The molecule has 0 spiro atoms. The van der Waals surface area contributed by atoms with Gasteiger partial charge in [-0.15, -0.1) is 0 Å². The molecule has 0 saturated heterocycles. The van der Waals surface area contributed by atoms with E-state index in [-0.39, 0.29) is 25.1 Å². The van der Waals surface area contributed by atoms with Crippen LogP contribution >= 0.6 is 0 Å². The highest BCUT2D eigenvalue weighted by molar-refractivity contribution is 5.87. The van der Waals surface area contributed by atoms with Crippen molar-refractivity contribution in [1.82, 2.24) is 0 Å². The number of hydrogen-bond donors (Lipinski definition) is 0. The molecule has 7 heteroatoms. The molecule has 0 bridgehead atoms. The Bertz CT molecular complexity index is 692. The predicted molar refractivity (Wildman–Crippen MR) is 123 cm³/mol. The van der Waals surface area contributed by atoms with E-state index in [4.69, 9.17) is 14.2 Å². The second-order valence-electron chi connectivity index (χ2n) is 8.67. The first-order chi connectivity index (χ1) is 15.9. The number of alkyl halides is 3. The Balaban J connectivity index is 1.59. The molecule has 1 aromatic carbocycles. The highest BCUT2D eigenvalue weighted by Gasteiger charge is 2.27. The Hall–Kier alpha value is -2.02. The third-order valence-electron chi connectivity index (χ3n) is 5.77. The van der Waals surface area contributed by atoms with Crippen LogP contribution in [0.1, 0.15) is 76.7 Å². The summed E-state index contributed by atoms with van der Waals surface area (Å²) < 4.78 is 53.2. The number of benzene rings is 1. The molecule has 1 saturated carbocycles. The largest absolute Gasteiger partial charge is 0.493 e. The van der Waals surface area contributed by atoms with Gasteiger partial charge in [0.2, 0.25) is 0 Å². The van der Waals surface area contributed by atoms with Gasteiger partial charge in [-0.3, -0.25) is 0 Å². The number of carbonyl (C=O) groups is 1. The van der Waals surface area contributed by atoms with Crippen molar-refractivity contribution in [2.45, 2.75) is 83.4 Å². The van der Waals surface area contributed by atoms with Crippen LogP contribution in [-0.2, 0) is 14.3 Å². The van der Waals surface area contributed by atoms with Gasteiger partial charge in [0, 0.05) is 19.1 Å². The molecule has 0 amide bonds. The molecule has 0 atom stereocenters. The zero-order valence-corrected chi connectivity index (χ0v) is 19.6.